The molecule has 1 nitrogen and oxygen atoms in total. The molecule has 1 fully saturated rings. The summed E-state index contributed by atoms with van der Waals surface area (Å²) in [7, 11) is 0. The van der Waals surface area contributed by atoms with Gasteiger partial charge in [0.15, 0.2) is 0 Å². The van der Waals surface area contributed by atoms with Gasteiger partial charge in [0.25, 0.3) is 0 Å². The Kier molecular flexibility index (Phi) is 4.67. The molecule has 0 unspecified atom stereocenters. The number of Topliss-reactive ketones (excluding diaryl/α,β-unsaturated/α-hetero) is 1. The summed E-state index contributed by atoms with van der Waals surface area (Å²) in [5.74, 6) is 1.22. The Morgan fingerprint density at radius 2 is 1.92 bits per heavy atom. The highest BCUT2D eigenvalue weighted by molar-refractivity contribution is 6.27. The van der Waals surface area contributed by atoms with Crippen molar-refractivity contribution in [3.63, 3.8) is 0 Å². The molecular formula is C10H17ClO. The van der Waals surface area contributed by atoms with E-state index >= 15 is 0 Å². The zero-order valence-corrected chi connectivity index (χ0v) is 8.28. The Labute approximate surface area is 79.5 Å². The quantitative estimate of drug-likeness (QED) is 0.620. The molecule has 0 aromatic carbocycles. The van der Waals surface area contributed by atoms with Crippen molar-refractivity contribution in [3.05, 3.63) is 0 Å². The summed E-state index contributed by atoms with van der Waals surface area (Å²) in [6, 6.07) is 0. The van der Waals surface area contributed by atoms with Crippen molar-refractivity contribution < 1.29 is 4.79 Å². The predicted octanol–water partition coefficient (Wildman–Crippen LogP) is 3.15. The Morgan fingerprint density at radius 1 is 1.25 bits per heavy atom. The van der Waals surface area contributed by atoms with Crippen molar-refractivity contribution in [3.8, 4) is 0 Å². The number of halogens is 1. The number of carbonyl (C=O) groups is 1. The van der Waals surface area contributed by atoms with Gasteiger partial charge in [-0.1, -0.05) is 32.1 Å². The first-order chi connectivity index (χ1) is 5.83. The van der Waals surface area contributed by atoms with Crippen molar-refractivity contribution in [2.75, 3.05) is 5.88 Å². The molecule has 0 aromatic rings. The van der Waals surface area contributed by atoms with Gasteiger partial charge in [-0.05, 0) is 12.3 Å². The largest absolute Gasteiger partial charge is 0.298 e. The topological polar surface area (TPSA) is 17.1 Å². The standard InChI is InChI=1S/C10H17ClO/c11-8-10(12)7-6-9-4-2-1-3-5-9/h9H,1-8H2. The molecule has 0 amide bonds. The fraction of sp³-hybridized carbons (Fsp3) is 0.900. The zero-order valence-electron chi connectivity index (χ0n) is 7.52. The van der Waals surface area contributed by atoms with Crippen LogP contribution in [0.5, 0.6) is 0 Å². The highest BCUT2D eigenvalue weighted by atomic mass is 35.5. The van der Waals surface area contributed by atoms with Crippen LogP contribution in [0.3, 0.4) is 0 Å². The minimum absolute atomic E-state index is 0.201. The van der Waals surface area contributed by atoms with E-state index in [1.807, 2.05) is 0 Å². The van der Waals surface area contributed by atoms with E-state index in [9.17, 15) is 4.79 Å². The fourth-order valence-electron chi connectivity index (χ4n) is 1.91. The Morgan fingerprint density at radius 3 is 2.50 bits per heavy atom. The molecule has 0 spiro atoms. The normalized spacial score (nSPS) is 19.4. The lowest BCUT2D eigenvalue weighted by molar-refractivity contribution is -0.117. The molecule has 1 aliphatic rings. The smallest absolute Gasteiger partial charge is 0.147 e. The lowest BCUT2D eigenvalue weighted by Gasteiger charge is -2.20. The van der Waals surface area contributed by atoms with Gasteiger partial charge in [-0.25, -0.2) is 0 Å². The van der Waals surface area contributed by atoms with Crippen LogP contribution >= 0.6 is 11.6 Å². The highest BCUT2D eigenvalue weighted by Crippen LogP contribution is 2.27. The van der Waals surface area contributed by atoms with Gasteiger partial charge < -0.3 is 0 Å². The molecule has 1 rings (SSSR count). The van der Waals surface area contributed by atoms with Crippen LogP contribution < -0.4 is 0 Å². The average molecular weight is 189 g/mol. The Hall–Kier alpha value is -0.0400. The summed E-state index contributed by atoms with van der Waals surface area (Å²) in [6.45, 7) is 0. The van der Waals surface area contributed by atoms with Crippen LogP contribution in [0.25, 0.3) is 0 Å². The molecule has 0 saturated heterocycles. The van der Waals surface area contributed by atoms with Crippen LogP contribution in [0.1, 0.15) is 44.9 Å². The molecule has 12 heavy (non-hydrogen) atoms. The minimum Gasteiger partial charge on any atom is -0.298 e. The second kappa shape index (κ2) is 5.58. The van der Waals surface area contributed by atoms with E-state index in [2.05, 4.69) is 0 Å². The third-order valence-electron chi connectivity index (χ3n) is 2.71. The average Bonchev–Trinajstić information content (AvgIpc) is 2.16. The maximum atomic E-state index is 10.9. The van der Waals surface area contributed by atoms with Crippen molar-refractivity contribution in [1.82, 2.24) is 0 Å². The highest BCUT2D eigenvalue weighted by Gasteiger charge is 2.14. The predicted molar refractivity (Wildman–Crippen MR) is 51.5 cm³/mol. The minimum atomic E-state index is 0.201. The maximum absolute atomic E-state index is 10.9. The van der Waals surface area contributed by atoms with Gasteiger partial charge in [-0.15, -0.1) is 11.6 Å². The summed E-state index contributed by atoms with van der Waals surface area (Å²) >= 11 is 5.42. The molecule has 70 valence electrons. The summed E-state index contributed by atoms with van der Waals surface area (Å²) in [5.41, 5.74) is 0. The van der Waals surface area contributed by atoms with Crippen molar-refractivity contribution >= 4 is 17.4 Å². The molecule has 1 aliphatic carbocycles. The second-order valence-corrected chi connectivity index (χ2v) is 3.98. The maximum Gasteiger partial charge on any atom is 0.147 e. The molecule has 0 aromatic heterocycles. The number of hydrogen-bond donors (Lipinski definition) is 0. The van der Waals surface area contributed by atoms with E-state index in [1.54, 1.807) is 0 Å². The summed E-state index contributed by atoms with van der Waals surface area (Å²) in [4.78, 5) is 10.9. The third-order valence-corrected chi connectivity index (χ3v) is 3.00. The summed E-state index contributed by atoms with van der Waals surface area (Å²) < 4.78 is 0. The van der Waals surface area contributed by atoms with Gasteiger partial charge in [0.2, 0.25) is 0 Å². The molecule has 0 atom stereocenters. The molecule has 0 aliphatic heterocycles. The molecule has 0 heterocycles. The molecule has 0 bridgehead atoms. The molecule has 0 N–H and O–H groups in total. The number of alkyl halides is 1. The van der Waals surface area contributed by atoms with Crippen LogP contribution in [-0.4, -0.2) is 11.7 Å². The van der Waals surface area contributed by atoms with Crippen molar-refractivity contribution in [2.24, 2.45) is 5.92 Å². The Balaban J connectivity index is 2.09. The summed E-state index contributed by atoms with van der Waals surface area (Å²) in [6.07, 6.45) is 8.55. The molecule has 2 heteroatoms. The van der Waals surface area contributed by atoms with Crippen molar-refractivity contribution in [1.29, 1.82) is 0 Å². The first-order valence-electron chi connectivity index (χ1n) is 4.90. The van der Waals surface area contributed by atoms with Gasteiger partial charge in [0.05, 0.1) is 5.88 Å². The van der Waals surface area contributed by atoms with E-state index in [-0.39, 0.29) is 11.7 Å². The van der Waals surface area contributed by atoms with Gasteiger partial charge in [0.1, 0.15) is 5.78 Å². The number of ketones is 1. The fourth-order valence-corrected chi connectivity index (χ4v) is 2.04. The SMILES string of the molecule is O=C(CCl)CCC1CCCCC1. The van der Waals surface area contributed by atoms with Crippen LogP contribution in [0, 0.1) is 5.92 Å². The van der Waals surface area contributed by atoms with Gasteiger partial charge in [0, 0.05) is 6.42 Å². The summed E-state index contributed by atoms with van der Waals surface area (Å²) in [5, 5.41) is 0. The molecule has 0 radical (unpaired) electrons. The van der Waals surface area contributed by atoms with Crippen LogP contribution in [0.2, 0.25) is 0 Å². The van der Waals surface area contributed by atoms with Gasteiger partial charge in [-0.3, -0.25) is 4.79 Å². The van der Waals surface area contributed by atoms with Crippen molar-refractivity contribution in [2.45, 2.75) is 44.9 Å². The first-order valence-corrected chi connectivity index (χ1v) is 5.44. The van der Waals surface area contributed by atoms with Crippen LogP contribution in [0.15, 0.2) is 0 Å². The van der Waals surface area contributed by atoms with E-state index in [1.165, 1.54) is 32.1 Å². The zero-order chi connectivity index (χ0) is 8.81. The monoisotopic (exact) mass is 188 g/mol. The lowest BCUT2D eigenvalue weighted by atomic mass is 9.86. The van der Waals surface area contributed by atoms with E-state index in [0.717, 1.165) is 12.3 Å². The molecular weight excluding hydrogens is 172 g/mol. The first kappa shape index (κ1) is 10.0. The second-order valence-electron chi connectivity index (χ2n) is 3.72. The number of hydrogen-bond acceptors (Lipinski definition) is 1. The van der Waals surface area contributed by atoms with Gasteiger partial charge in [-0.2, -0.15) is 0 Å². The van der Waals surface area contributed by atoms with Crippen LogP contribution in [0.4, 0.5) is 0 Å². The lowest BCUT2D eigenvalue weighted by Crippen LogP contribution is -2.09. The molecule has 1 saturated carbocycles. The van der Waals surface area contributed by atoms with E-state index in [4.69, 9.17) is 11.6 Å². The van der Waals surface area contributed by atoms with E-state index in [0.29, 0.717) is 6.42 Å². The van der Waals surface area contributed by atoms with Gasteiger partial charge >= 0.3 is 0 Å². The van der Waals surface area contributed by atoms with E-state index < -0.39 is 0 Å². The number of rotatable bonds is 4. The number of carbonyl (C=O) groups excluding carboxylic acids is 1. The van der Waals surface area contributed by atoms with Crippen LogP contribution in [-0.2, 0) is 4.79 Å². The Bertz CT molecular complexity index is 139. The third kappa shape index (κ3) is 3.57.